The number of ether oxygens (including phenoxy) is 2. The zero-order chi connectivity index (χ0) is 9.10. The summed E-state index contributed by atoms with van der Waals surface area (Å²) in [4.78, 5) is 4.03. The Labute approximate surface area is 76.1 Å². The first-order valence-corrected chi connectivity index (χ1v) is 4.19. The van der Waals surface area contributed by atoms with Gasteiger partial charge in [-0.3, -0.25) is 4.98 Å². The maximum Gasteiger partial charge on any atom is 0.185 e. The highest BCUT2D eigenvalue weighted by atomic mass is 16.7. The molecule has 1 aromatic heterocycles. The van der Waals surface area contributed by atoms with Crippen molar-refractivity contribution in [2.24, 2.45) is 0 Å². The van der Waals surface area contributed by atoms with E-state index < -0.39 is 0 Å². The van der Waals surface area contributed by atoms with Crippen LogP contribution in [0.5, 0.6) is 0 Å². The van der Waals surface area contributed by atoms with Crippen LogP contribution in [0, 0.1) is 0 Å². The monoisotopic (exact) mass is 181 g/mol. The molecule has 1 aromatic rings. The van der Waals surface area contributed by atoms with Crippen molar-refractivity contribution in [2.75, 3.05) is 13.2 Å². The van der Waals surface area contributed by atoms with Crippen LogP contribution in [-0.2, 0) is 16.1 Å². The number of hydrogen-bond donors (Lipinski definition) is 1. The van der Waals surface area contributed by atoms with Crippen LogP contribution in [0.4, 0.5) is 0 Å². The Morgan fingerprint density at radius 3 is 2.69 bits per heavy atom. The normalized spacial score (nSPS) is 17.9. The van der Waals surface area contributed by atoms with Gasteiger partial charge in [-0.1, -0.05) is 6.07 Å². The van der Waals surface area contributed by atoms with Gasteiger partial charge >= 0.3 is 0 Å². The molecule has 0 atom stereocenters. The zero-order valence-electron chi connectivity index (χ0n) is 7.14. The van der Waals surface area contributed by atoms with E-state index in [1.807, 2.05) is 6.07 Å². The van der Waals surface area contributed by atoms with Gasteiger partial charge < -0.3 is 14.6 Å². The summed E-state index contributed by atoms with van der Waals surface area (Å²) < 4.78 is 10.6. The minimum absolute atomic E-state index is 0.0351. The van der Waals surface area contributed by atoms with E-state index in [2.05, 4.69) is 4.98 Å². The molecule has 0 aliphatic carbocycles. The van der Waals surface area contributed by atoms with Gasteiger partial charge in [0.15, 0.2) is 6.29 Å². The SMILES string of the molecule is OCc1ccc(C2OCCO2)cn1. The van der Waals surface area contributed by atoms with E-state index in [-0.39, 0.29) is 12.9 Å². The molecule has 0 radical (unpaired) electrons. The number of nitrogens with zero attached hydrogens (tertiary/aromatic N) is 1. The van der Waals surface area contributed by atoms with Gasteiger partial charge in [0.2, 0.25) is 0 Å². The molecule has 1 saturated heterocycles. The molecule has 1 aliphatic heterocycles. The van der Waals surface area contributed by atoms with Gasteiger partial charge in [0.25, 0.3) is 0 Å². The third kappa shape index (κ3) is 1.85. The van der Waals surface area contributed by atoms with Gasteiger partial charge in [0.05, 0.1) is 25.5 Å². The van der Waals surface area contributed by atoms with Gasteiger partial charge in [-0.25, -0.2) is 0 Å². The third-order valence-corrected chi connectivity index (χ3v) is 1.90. The smallest absolute Gasteiger partial charge is 0.185 e. The second kappa shape index (κ2) is 3.83. The molecule has 13 heavy (non-hydrogen) atoms. The van der Waals surface area contributed by atoms with Crippen LogP contribution < -0.4 is 0 Å². The van der Waals surface area contributed by atoms with Crippen LogP contribution >= 0.6 is 0 Å². The first-order chi connectivity index (χ1) is 6.40. The minimum Gasteiger partial charge on any atom is -0.390 e. The fourth-order valence-electron chi connectivity index (χ4n) is 1.22. The first-order valence-electron chi connectivity index (χ1n) is 4.19. The van der Waals surface area contributed by atoms with Crippen LogP contribution in [0.3, 0.4) is 0 Å². The number of hydrogen-bond acceptors (Lipinski definition) is 4. The predicted octanol–water partition coefficient (Wildman–Crippen LogP) is 0.619. The lowest BCUT2D eigenvalue weighted by atomic mass is 10.2. The molecule has 70 valence electrons. The molecule has 4 heteroatoms. The maximum atomic E-state index is 8.77. The molecular formula is C9H11NO3. The van der Waals surface area contributed by atoms with Gasteiger partial charge in [0.1, 0.15) is 0 Å². The number of aliphatic hydroxyl groups excluding tert-OH is 1. The van der Waals surface area contributed by atoms with E-state index in [1.54, 1.807) is 12.3 Å². The lowest BCUT2D eigenvalue weighted by Crippen LogP contribution is -1.99. The highest BCUT2D eigenvalue weighted by Gasteiger charge is 2.17. The molecule has 1 N–H and O–H groups in total. The zero-order valence-corrected chi connectivity index (χ0v) is 7.14. The molecule has 0 unspecified atom stereocenters. The summed E-state index contributed by atoms with van der Waals surface area (Å²) in [6.45, 7) is 1.23. The Morgan fingerprint density at radius 1 is 1.38 bits per heavy atom. The summed E-state index contributed by atoms with van der Waals surface area (Å²) in [5.41, 5.74) is 1.55. The number of aliphatic hydroxyl groups is 1. The summed E-state index contributed by atoms with van der Waals surface area (Å²) in [7, 11) is 0. The quantitative estimate of drug-likeness (QED) is 0.726. The molecule has 4 nitrogen and oxygen atoms in total. The van der Waals surface area contributed by atoms with Crippen LogP contribution in [0.2, 0.25) is 0 Å². The summed E-state index contributed by atoms with van der Waals surface area (Å²) in [5, 5.41) is 8.77. The van der Waals surface area contributed by atoms with Crippen molar-refractivity contribution in [1.29, 1.82) is 0 Å². The summed E-state index contributed by atoms with van der Waals surface area (Å²) in [6.07, 6.45) is 1.39. The average molecular weight is 181 g/mol. The van der Waals surface area contributed by atoms with Crippen molar-refractivity contribution in [3.8, 4) is 0 Å². The molecule has 0 amide bonds. The van der Waals surface area contributed by atoms with Crippen LogP contribution in [0.15, 0.2) is 18.3 Å². The fraction of sp³-hybridized carbons (Fsp3) is 0.444. The van der Waals surface area contributed by atoms with E-state index >= 15 is 0 Å². The van der Waals surface area contributed by atoms with Crippen molar-refractivity contribution >= 4 is 0 Å². The van der Waals surface area contributed by atoms with E-state index in [4.69, 9.17) is 14.6 Å². The van der Waals surface area contributed by atoms with Gasteiger partial charge in [-0.2, -0.15) is 0 Å². The average Bonchev–Trinajstić information content (AvgIpc) is 2.71. The third-order valence-electron chi connectivity index (χ3n) is 1.90. The molecule has 0 aromatic carbocycles. The molecule has 0 spiro atoms. The molecule has 0 saturated carbocycles. The molecule has 2 heterocycles. The van der Waals surface area contributed by atoms with E-state index in [1.165, 1.54) is 0 Å². The Morgan fingerprint density at radius 2 is 2.15 bits per heavy atom. The Kier molecular flexibility index (Phi) is 2.54. The molecule has 0 bridgehead atoms. The van der Waals surface area contributed by atoms with Crippen molar-refractivity contribution in [2.45, 2.75) is 12.9 Å². The predicted molar refractivity (Wildman–Crippen MR) is 44.8 cm³/mol. The van der Waals surface area contributed by atoms with Gasteiger partial charge in [0, 0.05) is 11.8 Å². The first kappa shape index (κ1) is 8.62. The lowest BCUT2D eigenvalue weighted by molar-refractivity contribution is -0.0443. The van der Waals surface area contributed by atoms with Crippen LogP contribution in [-0.4, -0.2) is 23.3 Å². The minimum atomic E-state index is -0.278. The summed E-state index contributed by atoms with van der Waals surface area (Å²) in [5.74, 6) is 0. The molecule has 1 fully saturated rings. The Balaban J connectivity index is 2.12. The highest BCUT2D eigenvalue weighted by Crippen LogP contribution is 2.22. The van der Waals surface area contributed by atoms with E-state index in [9.17, 15) is 0 Å². The summed E-state index contributed by atoms with van der Waals surface area (Å²) in [6, 6.07) is 3.62. The van der Waals surface area contributed by atoms with Crippen molar-refractivity contribution in [3.63, 3.8) is 0 Å². The summed E-state index contributed by atoms with van der Waals surface area (Å²) >= 11 is 0. The van der Waals surface area contributed by atoms with Crippen molar-refractivity contribution in [3.05, 3.63) is 29.6 Å². The standard InChI is InChI=1S/C9H11NO3/c11-6-8-2-1-7(5-10-8)9-12-3-4-13-9/h1-2,5,9,11H,3-4,6H2. The fourth-order valence-corrected chi connectivity index (χ4v) is 1.22. The van der Waals surface area contributed by atoms with Gasteiger partial charge in [-0.05, 0) is 6.07 Å². The Bertz CT molecular complexity index is 267. The topological polar surface area (TPSA) is 51.6 Å². The largest absolute Gasteiger partial charge is 0.390 e. The van der Waals surface area contributed by atoms with Crippen molar-refractivity contribution < 1.29 is 14.6 Å². The lowest BCUT2D eigenvalue weighted by Gasteiger charge is -2.08. The number of aromatic nitrogens is 1. The van der Waals surface area contributed by atoms with Crippen LogP contribution in [0.1, 0.15) is 17.5 Å². The molecule has 1 aliphatic rings. The van der Waals surface area contributed by atoms with E-state index in [0.717, 1.165) is 5.56 Å². The Hall–Kier alpha value is -0.970. The van der Waals surface area contributed by atoms with Gasteiger partial charge in [-0.15, -0.1) is 0 Å². The second-order valence-corrected chi connectivity index (χ2v) is 2.81. The van der Waals surface area contributed by atoms with Crippen LogP contribution in [0.25, 0.3) is 0 Å². The second-order valence-electron chi connectivity index (χ2n) is 2.81. The van der Waals surface area contributed by atoms with Crippen molar-refractivity contribution in [1.82, 2.24) is 4.98 Å². The molecule has 2 rings (SSSR count). The molecular weight excluding hydrogens is 170 g/mol. The van der Waals surface area contributed by atoms with E-state index in [0.29, 0.717) is 18.9 Å². The maximum absolute atomic E-state index is 8.77. The number of pyridine rings is 1. The highest BCUT2D eigenvalue weighted by molar-refractivity contribution is 5.15. The number of rotatable bonds is 2.